The van der Waals surface area contributed by atoms with E-state index in [1.54, 1.807) is 0 Å². The summed E-state index contributed by atoms with van der Waals surface area (Å²) >= 11 is 12.4. The van der Waals surface area contributed by atoms with Gasteiger partial charge in [0.25, 0.3) is 0 Å². The smallest absolute Gasteiger partial charge is 0.120 e. The van der Waals surface area contributed by atoms with E-state index in [1.807, 2.05) is 36.4 Å². The summed E-state index contributed by atoms with van der Waals surface area (Å²) < 4.78 is 5.88. The molecule has 0 radical (unpaired) electrons. The highest BCUT2D eigenvalue weighted by molar-refractivity contribution is 6.35. The first-order valence-corrected chi connectivity index (χ1v) is 9.28. The van der Waals surface area contributed by atoms with Crippen LogP contribution in [-0.4, -0.2) is 0 Å². The number of hydrogen-bond acceptors (Lipinski definition) is 2. The van der Waals surface area contributed by atoms with Crippen molar-refractivity contribution in [1.29, 1.82) is 0 Å². The Hall–Kier alpha value is -2.00. The van der Waals surface area contributed by atoms with Crippen LogP contribution in [0.2, 0.25) is 10.0 Å². The van der Waals surface area contributed by atoms with E-state index < -0.39 is 0 Å². The summed E-state index contributed by atoms with van der Waals surface area (Å²) in [5.74, 6) is 0.802. The van der Waals surface area contributed by atoms with Crippen LogP contribution in [0.3, 0.4) is 0 Å². The summed E-state index contributed by atoms with van der Waals surface area (Å²) in [7, 11) is 0. The van der Waals surface area contributed by atoms with E-state index in [4.69, 9.17) is 27.9 Å². The van der Waals surface area contributed by atoms with E-state index in [0.717, 1.165) is 24.4 Å². The standard InChI is InChI=1S/C22H21Cl2NO/c1-16-8-10-17(11-9-16)13-25-14-18-4-2-5-19(12-18)26-15-20-21(23)6-3-7-22(20)24/h2-12,25H,13-15H2,1H3. The Balaban J connectivity index is 1.55. The van der Waals surface area contributed by atoms with Crippen LogP contribution in [0.15, 0.2) is 66.7 Å². The SMILES string of the molecule is Cc1ccc(CNCc2cccc(OCc3c(Cl)cccc3Cl)c2)cc1. The third kappa shape index (κ3) is 5.25. The quantitative estimate of drug-likeness (QED) is 0.524. The summed E-state index contributed by atoms with van der Waals surface area (Å²) in [5.41, 5.74) is 4.52. The van der Waals surface area contributed by atoms with E-state index in [9.17, 15) is 0 Å². The van der Waals surface area contributed by atoms with Crippen molar-refractivity contribution in [3.63, 3.8) is 0 Å². The van der Waals surface area contributed by atoms with Crippen molar-refractivity contribution < 1.29 is 4.74 Å². The molecule has 0 unspecified atom stereocenters. The molecule has 134 valence electrons. The van der Waals surface area contributed by atoms with Crippen molar-refractivity contribution >= 4 is 23.2 Å². The molecule has 0 aliphatic rings. The number of benzene rings is 3. The Morgan fingerprint density at radius 3 is 2.19 bits per heavy atom. The van der Waals surface area contributed by atoms with Gasteiger partial charge in [0, 0.05) is 28.7 Å². The first-order chi connectivity index (χ1) is 12.6. The fourth-order valence-electron chi connectivity index (χ4n) is 2.63. The molecule has 0 bridgehead atoms. The molecule has 4 heteroatoms. The molecule has 2 nitrogen and oxygen atoms in total. The van der Waals surface area contributed by atoms with Gasteiger partial charge in [-0.1, -0.05) is 71.2 Å². The third-order valence-corrected chi connectivity index (χ3v) is 4.83. The number of halogens is 2. The van der Waals surface area contributed by atoms with Crippen molar-refractivity contribution in [2.45, 2.75) is 26.6 Å². The van der Waals surface area contributed by atoms with Gasteiger partial charge in [0.05, 0.1) is 0 Å². The predicted molar refractivity (Wildman–Crippen MR) is 109 cm³/mol. The Morgan fingerprint density at radius 1 is 0.808 bits per heavy atom. The molecule has 0 heterocycles. The minimum Gasteiger partial charge on any atom is -0.489 e. The average Bonchev–Trinajstić information content (AvgIpc) is 2.63. The van der Waals surface area contributed by atoms with Gasteiger partial charge in [-0.15, -0.1) is 0 Å². The van der Waals surface area contributed by atoms with Gasteiger partial charge in [0.2, 0.25) is 0 Å². The molecule has 0 aliphatic heterocycles. The Morgan fingerprint density at radius 2 is 1.46 bits per heavy atom. The maximum Gasteiger partial charge on any atom is 0.120 e. The lowest BCUT2D eigenvalue weighted by molar-refractivity contribution is 0.306. The molecule has 26 heavy (non-hydrogen) atoms. The number of ether oxygens (including phenoxy) is 1. The van der Waals surface area contributed by atoms with E-state index in [1.165, 1.54) is 16.7 Å². The van der Waals surface area contributed by atoms with Crippen LogP contribution in [0.25, 0.3) is 0 Å². The van der Waals surface area contributed by atoms with Gasteiger partial charge in [-0.25, -0.2) is 0 Å². The zero-order chi connectivity index (χ0) is 18.4. The van der Waals surface area contributed by atoms with Crippen LogP contribution >= 0.6 is 23.2 Å². The largest absolute Gasteiger partial charge is 0.489 e. The molecule has 0 spiro atoms. The molecule has 0 saturated heterocycles. The van der Waals surface area contributed by atoms with Crippen molar-refractivity contribution in [2.24, 2.45) is 0 Å². The Bertz CT molecular complexity index is 842. The fraction of sp³-hybridized carbons (Fsp3) is 0.182. The summed E-state index contributed by atoms with van der Waals surface area (Å²) in [5, 5.41) is 4.70. The molecular weight excluding hydrogens is 365 g/mol. The van der Waals surface area contributed by atoms with Crippen LogP contribution in [0, 0.1) is 6.92 Å². The minimum atomic E-state index is 0.346. The van der Waals surface area contributed by atoms with E-state index >= 15 is 0 Å². The van der Waals surface area contributed by atoms with E-state index in [-0.39, 0.29) is 0 Å². The summed E-state index contributed by atoms with van der Waals surface area (Å²) in [6.07, 6.45) is 0. The van der Waals surface area contributed by atoms with E-state index in [2.05, 4.69) is 42.6 Å². The molecule has 3 rings (SSSR count). The fourth-order valence-corrected chi connectivity index (χ4v) is 3.13. The third-order valence-electron chi connectivity index (χ3n) is 4.12. The number of aryl methyl sites for hydroxylation is 1. The van der Waals surface area contributed by atoms with Crippen LogP contribution in [-0.2, 0) is 19.7 Å². The molecule has 1 N–H and O–H groups in total. The zero-order valence-electron chi connectivity index (χ0n) is 14.6. The molecule has 3 aromatic rings. The highest BCUT2D eigenvalue weighted by atomic mass is 35.5. The first kappa shape index (κ1) is 18.8. The van der Waals surface area contributed by atoms with Gasteiger partial charge < -0.3 is 10.1 Å². The van der Waals surface area contributed by atoms with Crippen molar-refractivity contribution in [2.75, 3.05) is 0 Å². The summed E-state index contributed by atoms with van der Waals surface area (Å²) in [6.45, 7) is 4.05. The van der Waals surface area contributed by atoms with Crippen LogP contribution in [0.1, 0.15) is 22.3 Å². The first-order valence-electron chi connectivity index (χ1n) is 8.53. The lowest BCUT2D eigenvalue weighted by Gasteiger charge is -2.11. The molecule has 0 fully saturated rings. The highest BCUT2D eigenvalue weighted by Gasteiger charge is 2.06. The summed E-state index contributed by atoms with van der Waals surface area (Å²) in [6, 6.07) is 22.1. The van der Waals surface area contributed by atoms with Gasteiger partial charge in [0.15, 0.2) is 0 Å². The Kier molecular flexibility index (Phi) is 6.56. The van der Waals surface area contributed by atoms with Crippen LogP contribution < -0.4 is 10.1 Å². The second-order valence-corrected chi connectivity index (χ2v) is 7.04. The molecule has 0 aromatic heterocycles. The van der Waals surface area contributed by atoms with Crippen LogP contribution in [0.5, 0.6) is 5.75 Å². The lowest BCUT2D eigenvalue weighted by Crippen LogP contribution is -2.12. The maximum atomic E-state index is 6.19. The zero-order valence-corrected chi connectivity index (χ0v) is 16.1. The van der Waals surface area contributed by atoms with Gasteiger partial charge in [-0.3, -0.25) is 0 Å². The second-order valence-electron chi connectivity index (χ2n) is 6.23. The monoisotopic (exact) mass is 385 g/mol. The summed E-state index contributed by atoms with van der Waals surface area (Å²) in [4.78, 5) is 0. The second kappa shape index (κ2) is 9.09. The number of rotatable bonds is 7. The predicted octanol–water partition coefficient (Wildman–Crippen LogP) is 6.17. The minimum absolute atomic E-state index is 0.346. The van der Waals surface area contributed by atoms with Crippen LogP contribution in [0.4, 0.5) is 0 Å². The highest BCUT2D eigenvalue weighted by Crippen LogP contribution is 2.26. The molecule has 3 aromatic carbocycles. The topological polar surface area (TPSA) is 21.3 Å². The molecular formula is C22H21Cl2NO. The molecule has 0 saturated carbocycles. The van der Waals surface area contributed by atoms with Gasteiger partial charge in [-0.2, -0.15) is 0 Å². The lowest BCUT2D eigenvalue weighted by atomic mass is 10.1. The number of hydrogen-bond donors (Lipinski definition) is 1. The van der Waals surface area contributed by atoms with Gasteiger partial charge >= 0.3 is 0 Å². The molecule has 0 atom stereocenters. The van der Waals surface area contributed by atoms with Crippen molar-refractivity contribution in [3.05, 3.63) is 99.0 Å². The number of nitrogens with one attached hydrogen (secondary N) is 1. The van der Waals surface area contributed by atoms with Crippen molar-refractivity contribution in [3.8, 4) is 5.75 Å². The molecule has 0 aliphatic carbocycles. The average molecular weight is 386 g/mol. The maximum absolute atomic E-state index is 6.19. The van der Waals surface area contributed by atoms with Gasteiger partial charge in [-0.05, 0) is 42.3 Å². The molecule has 0 amide bonds. The van der Waals surface area contributed by atoms with E-state index in [0.29, 0.717) is 16.7 Å². The van der Waals surface area contributed by atoms with Crippen molar-refractivity contribution in [1.82, 2.24) is 5.32 Å². The van der Waals surface area contributed by atoms with Gasteiger partial charge in [0.1, 0.15) is 12.4 Å². The Labute approximate surface area is 164 Å². The normalized spacial score (nSPS) is 10.7.